The number of hydrogen-bond acceptors (Lipinski definition) is 4. The molecule has 10 heavy (non-hydrogen) atoms. The highest BCUT2D eigenvalue weighted by atomic mass is 16.7. The number of rotatable bonds is 1. The zero-order valence-corrected chi connectivity index (χ0v) is 5.87. The zero-order valence-electron chi connectivity index (χ0n) is 5.87. The quantitative estimate of drug-likeness (QED) is 0.397. The van der Waals surface area contributed by atoms with Gasteiger partial charge in [0.2, 0.25) is 12.3 Å². The molecule has 0 bridgehead atoms. The first-order valence-electron chi connectivity index (χ1n) is 3.03. The topological polar surface area (TPSA) is 51.0 Å². The molecule has 2 atom stereocenters. The van der Waals surface area contributed by atoms with Gasteiger partial charge in [0, 0.05) is 0 Å². The summed E-state index contributed by atoms with van der Waals surface area (Å²) in [7, 11) is 0. The van der Waals surface area contributed by atoms with Crippen LogP contribution in [0.3, 0.4) is 0 Å². The zero-order chi connectivity index (χ0) is 7.56. The van der Waals surface area contributed by atoms with E-state index < -0.39 is 6.23 Å². The van der Waals surface area contributed by atoms with Crippen LogP contribution in [0.15, 0.2) is 10.1 Å². The summed E-state index contributed by atoms with van der Waals surface area (Å²) in [5.74, 6) is 0.0986. The lowest BCUT2D eigenvalue weighted by molar-refractivity contribution is 0.0726. The number of aliphatic imine (C=N–C) groups is 1. The van der Waals surface area contributed by atoms with Crippen LogP contribution >= 0.6 is 0 Å². The largest absolute Gasteiger partial charge is 0.367 e. The van der Waals surface area contributed by atoms with Gasteiger partial charge < -0.3 is 4.84 Å². The second-order valence-electron chi connectivity index (χ2n) is 2.24. The lowest BCUT2D eigenvalue weighted by Crippen LogP contribution is -2.15. The van der Waals surface area contributed by atoms with Crippen molar-refractivity contribution in [1.82, 2.24) is 0 Å². The standard InChI is InChI=1S/C6H8N2O2/c1-4-5(2)8-10-6(4)7-3-9/h4,6H,1-2H3. The number of isocyanates is 1. The van der Waals surface area contributed by atoms with Gasteiger partial charge >= 0.3 is 0 Å². The van der Waals surface area contributed by atoms with Gasteiger partial charge in [0.15, 0.2) is 0 Å². The molecule has 0 N–H and O–H groups in total. The Morgan fingerprint density at radius 3 is 2.90 bits per heavy atom. The van der Waals surface area contributed by atoms with Gasteiger partial charge in [0.25, 0.3) is 0 Å². The molecule has 0 aromatic carbocycles. The van der Waals surface area contributed by atoms with Gasteiger partial charge in [-0.15, -0.1) is 0 Å². The molecule has 0 saturated carbocycles. The molecule has 0 aliphatic carbocycles. The van der Waals surface area contributed by atoms with Crippen LogP contribution in [0.2, 0.25) is 0 Å². The van der Waals surface area contributed by atoms with E-state index in [-0.39, 0.29) is 5.92 Å². The summed E-state index contributed by atoms with van der Waals surface area (Å²) >= 11 is 0. The van der Waals surface area contributed by atoms with E-state index in [2.05, 4.69) is 10.1 Å². The van der Waals surface area contributed by atoms with E-state index in [0.717, 1.165) is 5.71 Å². The van der Waals surface area contributed by atoms with Crippen molar-refractivity contribution in [3.63, 3.8) is 0 Å². The van der Waals surface area contributed by atoms with Crippen LogP contribution in [0.25, 0.3) is 0 Å². The molecule has 1 aliphatic heterocycles. The minimum Gasteiger partial charge on any atom is -0.367 e. The van der Waals surface area contributed by atoms with Crippen LogP contribution in [-0.2, 0) is 9.63 Å². The number of carbonyl (C=O) groups excluding carboxylic acids is 1. The number of hydrogen-bond donors (Lipinski definition) is 0. The summed E-state index contributed by atoms with van der Waals surface area (Å²) in [6, 6.07) is 0. The van der Waals surface area contributed by atoms with Crippen LogP contribution in [-0.4, -0.2) is 18.0 Å². The molecule has 4 nitrogen and oxygen atoms in total. The predicted octanol–water partition coefficient (Wildman–Crippen LogP) is 0.691. The average molecular weight is 140 g/mol. The number of oxime groups is 1. The molecule has 0 spiro atoms. The SMILES string of the molecule is CC1=NOC(N=C=O)C1C. The fourth-order valence-corrected chi connectivity index (χ4v) is 0.705. The van der Waals surface area contributed by atoms with Crippen LogP contribution in [0.1, 0.15) is 13.8 Å². The minimum absolute atomic E-state index is 0.0986. The van der Waals surface area contributed by atoms with Gasteiger partial charge in [-0.1, -0.05) is 12.1 Å². The molecular weight excluding hydrogens is 132 g/mol. The van der Waals surface area contributed by atoms with Crippen molar-refractivity contribution in [3.05, 3.63) is 0 Å². The van der Waals surface area contributed by atoms with Crippen LogP contribution in [0.5, 0.6) is 0 Å². The molecule has 0 fully saturated rings. The Morgan fingerprint density at radius 2 is 2.50 bits per heavy atom. The summed E-state index contributed by atoms with van der Waals surface area (Å²) in [4.78, 5) is 18.0. The Hall–Kier alpha value is -1.15. The van der Waals surface area contributed by atoms with Gasteiger partial charge in [0.05, 0.1) is 11.6 Å². The fraction of sp³-hybridized carbons (Fsp3) is 0.667. The van der Waals surface area contributed by atoms with E-state index in [4.69, 9.17) is 4.84 Å². The maximum absolute atomic E-state index is 9.79. The lowest BCUT2D eigenvalue weighted by atomic mass is 10.1. The Bertz CT molecular complexity index is 206. The molecule has 0 aromatic heterocycles. The van der Waals surface area contributed by atoms with E-state index >= 15 is 0 Å². The fourth-order valence-electron chi connectivity index (χ4n) is 0.705. The molecular formula is C6H8N2O2. The molecule has 0 aromatic rings. The molecule has 1 heterocycles. The first-order valence-corrected chi connectivity index (χ1v) is 3.03. The van der Waals surface area contributed by atoms with E-state index in [1.807, 2.05) is 13.8 Å². The van der Waals surface area contributed by atoms with Gasteiger partial charge in [-0.2, -0.15) is 4.99 Å². The highest BCUT2D eigenvalue weighted by Gasteiger charge is 2.26. The summed E-state index contributed by atoms with van der Waals surface area (Å²) in [6.07, 6.45) is 0.991. The summed E-state index contributed by atoms with van der Waals surface area (Å²) in [6.45, 7) is 3.74. The number of nitrogens with zero attached hydrogens (tertiary/aromatic N) is 2. The van der Waals surface area contributed by atoms with E-state index in [1.54, 1.807) is 0 Å². The van der Waals surface area contributed by atoms with E-state index in [1.165, 1.54) is 6.08 Å². The smallest absolute Gasteiger partial charge is 0.238 e. The Labute approximate surface area is 58.6 Å². The third-order valence-corrected chi connectivity index (χ3v) is 1.57. The van der Waals surface area contributed by atoms with E-state index in [0.29, 0.717) is 0 Å². The van der Waals surface area contributed by atoms with Crippen LogP contribution in [0, 0.1) is 5.92 Å². The summed E-state index contributed by atoms with van der Waals surface area (Å²) in [5, 5.41) is 3.66. The molecule has 0 radical (unpaired) electrons. The monoisotopic (exact) mass is 140 g/mol. The third kappa shape index (κ3) is 1.06. The average Bonchev–Trinajstić information content (AvgIpc) is 2.20. The van der Waals surface area contributed by atoms with Crippen molar-refractivity contribution in [2.75, 3.05) is 0 Å². The lowest BCUT2D eigenvalue weighted by Gasteiger charge is -2.04. The van der Waals surface area contributed by atoms with Crippen molar-refractivity contribution in [2.24, 2.45) is 16.1 Å². The Morgan fingerprint density at radius 1 is 1.80 bits per heavy atom. The maximum Gasteiger partial charge on any atom is 0.238 e. The first kappa shape index (κ1) is 6.96. The normalized spacial score (nSPS) is 30.4. The molecule has 4 heteroatoms. The van der Waals surface area contributed by atoms with Gasteiger partial charge in [-0.25, -0.2) is 4.79 Å². The van der Waals surface area contributed by atoms with Crippen LogP contribution in [0.4, 0.5) is 0 Å². The van der Waals surface area contributed by atoms with Crippen LogP contribution < -0.4 is 0 Å². The molecule has 54 valence electrons. The van der Waals surface area contributed by atoms with Crippen molar-refractivity contribution in [3.8, 4) is 0 Å². The third-order valence-electron chi connectivity index (χ3n) is 1.57. The molecule has 1 rings (SSSR count). The van der Waals surface area contributed by atoms with Crippen molar-refractivity contribution in [2.45, 2.75) is 20.1 Å². The summed E-state index contributed by atoms with van der Waals surface area (Å²) < 4.78 is 0. The summed E-state index contributed by atoms with van der Waals surface area (Å²) in [5.41, 5.74) is 0.865. The highest BCUT2D eigenvalue weighted by Crippen LogP contribution is 2.17. The van der Waals surface area contributed by atoms with Gasteiger partial charge in [-0.05, 0) is 6.92 Å². The second kappa shape index (κ2) is 2.62. The van der Waals surface area contributed by atoms with E-state index in [9.17, 15) is 4.79 Å². The Kier molecular flexibility index (Phi) is 1.83. The minimum atomic E-state index is -0.447. The highest BCUT2D eigenvalue weighted by molar-refractivity contribution is 5.85. The Balaban J connectivity index is 2.64. The van der Waals surface area contributed by atoms with Gasteiger partial charge in [0.1, 0.15) is 0 Å². The maximum atomic E-state index is 9.79. The van der Waals surface area contributed by atoms with Gasteiger partial charge in [-0.3, -0.25) is 0 Å². The molecule has 2 unspecified atom stereocenters. The van der Waals surface area contributed by atoms with Crippen molar-refractivity contribution < 1.29 is 9.63 Å². The molecule has 0 saturated heterocycles. The van der Waals surface area contributed by atoms with Crippen molar-refractivity contribution in [1.29, 1.82) is 0 Å². The first-order chi connectivity index (χ1) is 4.75. The predicted molar refractivity (Wildman–Crippen MR) is 35.3 cm³/mol. The molecule has 0 amide bonds. The second-order valence-corrected chi connectivity index (χ2v) is 2.24. The van der Waals surface area contributed by atoms with Crippen molar-refractivity contribution >= 4 is 11.8 Å². The molecule has 1 aliphatic rings.